The van der Waals surface area contributed by atoms with E-state index in [9.17, 15) is 22.4 Å². The first-order valence-corrected chi connectivity index (χ1v) is 11.0. The van der Waals surface area contributed by atoms with Crippen molar-refractivity contribution in [3.05, 3.63) is 65.7 Å². The number of piperidine rings is 1. The van der Waals surface area contributed by atoms with Crippen molar-refractivity contribution < 1.29 is 27.1 Å². The maximum Gasteiger partial charge on any atom is 0.432 e. The largest absolute Gasteiger partial charge is 0.491 e. The van der Waals surface area contributed by atoms with Crippen LogP contribution >= 0.6 is 0 Å². The third kappa shape index (κ3) is 6.61. The minimum Gasteiger partial charge on any atom is -0.491 e. The summed E-state index contributed by atoms with van der Waals surface area (Å²) in [5, 5.41) is 5.90. The normalized spacial score (nSPS) is 14.2. The van der Waals surface area contributed by atoms with Crippen LogP contribution in [0.4, 0.5) is 23.2 Å². The Morgan fingerprint density at radius 2 is 1.97 bits per heavy atom. The molecule has 1 aliphatic heterocycles. The van der Waals surface area contributed by atoms with Gasteiger partial charge in [-0.05, 0) is 68.2 Å². The Morgan fingerprint density at radius 1 is 1.17 bits per heavy atom. The molecular weight excluding hydrogens is 464 g/mol. The summed E-state index contributed by atoms with van der Waals surface area (Å²) in [5.74, 6) is 4.49. The molecule has 182 valence electrons. The molecule has 1 fully saturated rings. The number of imidazole rings is 1. The van der Waals surface area contributed by atoms with Gasteiger partial charge in [0.1, 0.15) is 23.1 Å². The maximum absolute atomic E-state index is 13.3. The molecule has 0 radical (unpaired) electrons. The van der Waals surface area contributed by atoms with E-state index in [2.05, 4.69) is 32.4 Å². The molecule has 0 saturated carbocycles. The third-order valence-electron chi connectivity index (χ3n) is 5.46. The maximum atomic E-state index is 13.3. The molecule has 1 aromatic heterocycles. The quantitative estimate of drug-likeness (QED) is 0.364. The summed E-state index contributed by atoms with van der Waals surface area (Å²) in [6, 6.07) is 10.1. The Kier molecular flexibility index (Phi) is 7.36. The highest BCUT2D eigenvalue weighted by Gasteiger charge is 2.33. The van der Waals surface area contributed by atoms with Crippen molar-refractivity contribution in [1.82, 2.24) is 15.3 Å². The molecule has 3 aromatic rings. The number of aromatic amines is 1. The van der Waals surface area contributed by atoms with Gasteiger partial charge in [-0.15, -0.1) is 0 Å². The van der Waals surface area contributed by atoms with Crippen molar-refractivity contribution in [2.45, 2.75) is 19.0 Å². The van der Waals surface area contributed by atoms with Crippen LogP contribution < -0.4 is 15.4 Å². The van der Waals surface area contributed by atoms with Crippen LogP contribution in [-0.4, -0.2) is 35.6 Å². The van der Waals surface area contributed by atoms with E-state index in [1.807, 2.05) is 0 Å². The number of aromatic nitrogens is 2. The number of benzene rings is 2. The van der Waals surface area contributed by atoms with E-state index in [4.69, 9.17) is 4.74 Å². The van der Waals surface area contributed by atoms with Crippen LogP contribution in [0.25, 0.3) is 11.4 Å². The minimum absolute atomic E-state index is 0.0106. The molecule has 0 unspecified atom stereocenters. The summed E-state index contributed by atoms with van der Waals surface area (Å²) in [5.41, 5.74) is -0.0973. The van der Waals surface area contributed by atoms with E-state index < -0.39 is 23.6 Å². The Hall–Kier alpha value is -3.84. The number of H-pyrrole nitrogens is 1. The number of ether oxygens (including phenoxy) is 1. The van der Waals surface area contributed by atoms with Crippen LogP contribution in [0.3, 0.4) is 0 Å². The van der Waals surface area contributed by atoms with Gasteiger partial charge in [0, 0.05) is 17.0 Å². The van der Waals surface area contributed by atoms with Crippen LogP contribution in [0.5, 0.6) is 5.75 Å². The molecule has 1 saturated heterocycles. The molecule has 0 spiro atoms. The highest BCUT2D eigenvalue weighted by molar-refractivity contribution is 6.05. The monoisotopic (exact) mass is 486 g/mol. The standard InChI is InChI=1S/C25H22F4N4O2/c26-19-3-1-2-16(12-19)4-7-23(34)32-20-13-18(24-31-14-22(33-24)25(27,28)29)5-6-21(20)35-15-17-8-10-30-11-9-17/h1-3,5-6,12-14,17,30H,8-11,15H2,(H,31,33)(H,32,34). The molecule has 1 amide bonds. The Morgan fingerprint density at radius 3 is 2.69 bits per heavy atom. The number of hydrogen-bond acceptors (Lipinski definition) is 4. The zero-order valence-corrected chi connectivity index (χ0v) is 18.5. The number of rotatable bonds is 5. The van der Waals surface area contributed by atoms with Crippen molar-refractivity contribution in [1.29, 1.82) is 0 Å². The van der Waals surface area contributed by atoms with Gasteiger partial charge < -0.3 is 20.4 Å². The fourth-order valence-corrected chi connectivity index (χ4v) is 3.62. The topological polar surface area (TPSA) is 79.0 Å². The van der Waals surface area contributed by atoms with Gasteiger partial charge in [-0.3, -0.25) is 4.79 Å². The second kappa shape index (κ2) is 10.6. The van der Waals surface area contributed by atoms with Crippen molar-refractivity contribution in [3.8, 4) is 29.0 Å². The van der Waals surface area contributed by atoms with Gasteiger partial charge in [-0.1, -0.05) is 12.0 Å². The van der Waals surface area contributed by atoms with Crippen molar-refractivity contribution >= 4 is 11.6 Å². The summed E-state index contributed by atoms with van der Waals surface area (Å²) in [6.45, 7) is 2.22. The molecule has 3 N–H and O–H groups in total. The molecular formula is C25H22F4N4O2. The second-order valence-corrected chi connectivity index (χ2v) is 8.07. The number of anilines is 1. The molecule has 1 aliphatic rings. The summed E-state index contributed by atoms with van der Waals surface area (Å²) in [6.07, 6.45) is -1.96. The smallest absolute Gasteiger partial charge is 0.432 e. The SMILES string of the molecule is O=C(C#Cc1cccc(F)c1)Nc1cc(-c2ncc(C(F)(F)F)[nH]2)ccc1OCC1CCNCC1. The van der Waals surface area contributed by atoms with E-state index in [-0.39, 0.29) is 11.5 Å². The molecule has 0 bridgehead atoms. The van der Waals surface area contributed by atoms with Gasteiger partial charge in [-0.2, -0.15) is 13.2 Å². The Bertz CT molecular complexity index is 1250. The zero-order chi connectivity index (χ0) is 24.8. The minimum atomic E-state index is -4.56. The Balaban J connectivity index is 1.57. The number of amides is 1. The number of nitrogens with zero attached hydrogens (tertiary/aromatic N) is 1. The van der Waals surface area contributed by atoms with Crippen molar-refractivity contribution in [2.75, 3.05) is 25.0 Å². The molecule has 35 heavy (non-hydrogen) atoms. The van der Waals surface area contributed by atoms with Gasteiger partial charge in [-0.25, -0.2) is 9.37 Å². The van der Waals surface area contributed by atoms with Gasteiger partial charge in [0.2, 0.25) is 0 Å². The molecule has 2 heterocycles. The fourth-order valence-electron chi connectivity index (χ4n) is 3.62. The lowest BCUT2D eigenvalue weighted by Gasteiger charge is -2.23. The number of alkyl halides is 3. The highest BCUT2D eigenvalue weighted by Crippen LogP contribution is 2.33. The summed E-state index contributed by atoms with van der Waals surface area (Å²) >= 11 is 0. The van der Waals surface area contributed by atoms with Crippen LogP contribution in [0.2, 0.25) is 0 Å². The lowest BCUT2D eigenvalue weighted by Crippen LogP contribution is -2.30. The molecule has 6 nitrogen and oxygen atoms in total. The zero-order valence-electron chi connectivity index (χ0n) is 18.5. The summed E-state index contributed by atoms with van der Waals surface area (Å²) < 4.78 is 58.2. The van der Waals surface area contributed by atoms with Gasteiger partial charge in [0.25, 0.3) is 0 Å². The molecule has 10 heteroatoms. The first kappa shape index (κ1) is 24.3. The molecule has 0 aliphatic carbocycles. The highest BCUT2D eigenvalue weighted by atomic mass is 19.4. The average Bonchev–Trinajstić information content (AvgIpc) is 3.34. The lowest BCUT2D eigenvalue weighted by molar-refractivity contribution is -0.140. The first-order valence-electron chi connectivity index (χ1n) is 11.0. The Labute approximate surface area is 199 Å². The lowest BCUT2D eigenvalue weighted by atomic mass is 9.99. The number of carbonyl (C=O) groups excluding carboxylic acids is 1. The number of carbonyl (C=O) groups is 1. The van der Waals surface area contributed by atoms with E-state index >= 15 is 0 Å². The van der Waals surface area contributed by atoms with E-state index in [1.54, 1.807) is 18.2 Å². The van der Waals surface area contributed by atoms with E-state index in [0.717, 1.165) is 25.9 Å². The summed E-state index contributed by atoms with van der Waals surface area (Å²) in [7, 11) is 0. The number of nitrogens with one attached hydrogen (secondary N) is 3. The summed E-state index contributed by atoms with van der Waals surface area (Å²) in [4.78, 5) is 18.5. The van der Waals surface area contributed by atoms with Crippen LogP contribution in [0.15, 0.2) is 48.7 Å². The third-order valence-corrected chi connectivity index (χ3v) is 5.46. The fraction of sp³-hybridized carbons (Fsp3) is 0.280. The van der Waals surface area contributed by atoms with Gasteiger partial charge in [0.05, 0.1) is 18.5 Å². The van der Waals surface area contributed by atoms with E-state index in [0.29, 0.717) is 35.6 Å². The van der Waals surface area contributed by atoms with Crippen LogP contribution in [-0.2, 0) is 11.0 Å². The van der Waals surface area contributed by atoms with Gasteiger partial charge >= 0.3 is 12.1 Å². The van der Waals surface area contributed by atoms with Crippen LogP contribution in [0.1, 0.15) is 24.1 Å². The van der Waals surface area contributed by atoms with Crippen LogP contribution in [0, 0.1) is 23.6 Å². The van der Waals surface area contributed by atoms with E-state index in [1.165, 1.54) is 24.3 Å². The number of hydrogen-bond donors (Lipinski definition) is 3. The predicted molar refractivity (Wildman–Crippen MR) is 122 cm³/mol. The molecule has 2 aromatic carbocycles. The predicted octanol–water partition coefficient (Wildman–Crippen LogP) is 4.60. The molecule has 4 rings (SSSR count). The van der Waals surface area contributed by atoms with Crippen molar-refractivity contribution in [2.24, 2.45) is 5.92 Å². The van der Waals surface area contributed by atoms with Crippen molar-refractivity contribution in [3.63, 3.8) is 0 Å². The van der Waals surface area contributed by atoms with Gasteiger partial charge in [0.15, 0.2) is 0 Å². The first-order chi connectivity index (χ1) is 16.8. The second-order valence-electron chi connectivity index (χ2n) is 8.07. The molecule has 0 atom stereocenters. The number of halogens is 4. The average molecular weight is 486 g/mol.